The molecule has 0 aromatic carbocycles. The van der Waals surface area contributed by atoms with Crippen molar-refractivity contribution in [1.29, 1.82) is 0 Å². The Hall–Kier alpha value is -2.11. The third-order valence-electron chi connectivity index (χ3n) is 3.87. The Bertz CT molecular complexity index is 518. The topological polar surface area (TPSA) is 88.5 Å². The number of aliphatic carboxylic acids is 1. The molecule has 21 heavy (non-hydrogen) atoms. The van der Waals surface area contributed by atoms with Crippen LogP contribution in [0.3, 0.4) is 0 Å². The average molecular weight is 292 g/mol. The van der Waals surface area contributed by atoms with Crippen LogP contribution in [0.15, 0.2) is 18.3 Å². The summed E-state index contributed by atoms with van der Waals surface area (Å²) >= 11 is 0. The number of rotatable bonds is 5. The van der Waals surface area contributed by atoms with Crippen LogP contribution in [0, 0.1) is 11.8 Å². The molecule has 2 atom stereocenters. The minimum Gasteiger partial charge on any atom is -0.481 e. The van der Waals surface area contributed by atoms with Crippen molar-refractivity contribution in [1.82, 2.24) is 10.3 Å². The Morgan fingerprint density at radius 1 is 1.43 bits per heavy atom. The highest BCUT2D eigenvalue weighted by molar-refractivity contribution is 5.80. The predicted molar refractivity (Wildman–Crippen MR) is 75.7 cm³/mol. The van der Waals surface area contributed by atoms with E-state index in [1.54, 1.807) is 19.4 Å². The molecule has 2 unspecified atom stereocenters. The van der Waals surface area contributed by atoms with Gasteiger partial charge in [0.25, 0.3) is 0 Å². The molecule has 114 valence electrons. The molecule has 1 heterocycles. The molecule has 0 spiro atoms. The normalized spacial score (nSPS) is 21.6. The highest BCUT2D eigenvalue weighted by Crippen LogP contribution is 2.29. The molecule has 1 aromatic heterocycles. The molecule has 1 aromatic rings. The first-order valence-electron chi connectivity index (χ1n) is 7.09. The molecule has 0 saturated heterocycles. The van der Waals surface area contributed by atoms with Crippen molar-refractivity contribution < 1.29 is 19.4 Å². The van der Waals surface area contributed by atoms with Crippen molar-refractivity contribution in [2.24, 2.45) is 11.8 Å². The fourth-order valence-corrected chi connectivity index (χ4v) is 2.66. The van der Waals surface area contributed by atoms with Gasteiger partial charge in [-0.05, 0) is 30.9 Å². The fraction of sp³-hybridized carbons (Fsp3) is 0.533. The van der Waals surface area contributed by atoms with E-state index in [1.165, 1.54) is 0 Å². The van der Waals surface area contributed by atoms with Gasteiger partial charge in [0.05, 0.1) is 13.0 Å². The number of amides is 1. The van der Waals surface area contributed by atoms with Crippen molar-refractivity contribution >= 4 is 11.9 Å². The first-order chi connectivity index (χ1) is 10.1. The molecule has 6 heteroatoms. The molecule has 2 N–H and O–H groups in total. The number of aromatic nitrogens is 1. The second-order valence-electron chi connectivity index (χ2n) is 5.32. The lowest BCUT2D eigenvalue weighted by Crippen LogP contribution is -2.35. The number of methoxy groups -OCH3 is 1. The van der Waals surface area contributed by atoms with Gasteiger partial charge in [0.15, 0.2) is 0 Å². The molecular formula is C15H20N2O4. The van der Waals surface area contributed by atoms with E-state index in [2.05, 4.69) is 10.3 Å². The number of pyridine rings is 1. The lowest BCUT2D eigenvalue weighted by atomic mass is 9.81. The molecule has 1 aliphatic carbocycles. The Morgan fingerprint density at radius 2 is 2.19 bits per heavy atom. The van der Waals surface area contributed by atoms with Crippen LogP contribution in [-0.4, -0.2) is 29.1 Å². The number of ether oxygens (including phenoxy) is 1. The summed E-state index contributed by atoms with van der Waals surface area (Å²) in [6.07, 6.45) is 4.27. The van der Waals surface area contributed by atoms with E-state index in [1.807, 2.05) is 6.07 Å². The summed E-state index contributed by atoms with van der Waals surface area (Å²) in [6.45, 7) is 0.395. The van der Waals surface area contributed by atoms with Gasteiger partial charge in [-0.3, -0.25) is 9.59 Å². The van der Waals surface area contributed by atoms with Gasteiger partial charge in [0.2, 0.25) is 11.8 Å². The lowest BCUT2D eigenvalue weighted by Gasteiger charge is -2.25. The minimum absolute atomic E-state index is 0.0725. The van der Waals surface area contributed by atoms with E-state index in [0.717, 1.165) is 18.4 Å². The second-order valence-corrected chi connectivity index (χ2v) is 5.32. The molecule has 0 aliphatic heterocycles. The van der Waals surface area contributed by atoms with Crippen LogP contribution in [0.5, 0.6) is 5.88 Å². The summed E-state index contributed by atoms with van der Waals surface area (Å²) < 4.78 is 5.03. The summed E-state index contributed by atoms with van der Waals surface area (Å²) in [5.74, 6) is -0.965. The van der Waals surface area contributed by atoms with E-state index < -0.39 is 11.9 Å². The van der Waals surface area contributed by atoms with Gasteiger partial charge in [-0.1, -0.05) is 6.42 Å². The lowest BCUT2D eigenvalue weighted by molar-refractivity contribution is -0.144. The molecule has 6 nitrogen and oxygen atoms in total. The van der Waals surface area contributed by atoms with Crippen molar-refractivity contribution in [3.05, 3.63) is 23.9 Å². The van der Waals surface area contributed by atoms with Crippen molar-refractivity contribution in [2.75, 3.05) is 7.11 Å². The molecule has 2 rings (SSSR count). The summed E-state index contributed by atoms with van der Waals surface area (Å²) in [6, 6.07) is 3.57. The number of carboxylic acids is 1. The van der Waals surface area contributed by atoms with Crippen molar-refractivity contribution in [3.8, 4) is 5.88 Å². The van der Waals surface area contributed by atoms with Crippen LogP contribution in [0.4, 0.5) is 0 Å². The van der Waals surface area contributed by atoms with Crippen LogP contribution in [-0.2, 0) is 16.1 Å². The third-order valence-corrected chi connectivity index (χ3v) is 3.87. The standard InChI is InChI=1S/C15H20N2O4/c1-21-13-7-10(5-6-16-13)9-17-14(18)11-3-2-4-12(8-11)15(19)20/h5-7,11-12H,2-4,8-9H2,1H3,(H,17,18)(H,19,20). The summed E-state index contributed by atoms with van der Waals surface area (Å²) in [4.78, 5) is 27.2. The predicted octanol–water partition coefficient (Wildman–Crippen LogP) is 1.60. The molecule has 0 bridgehead atoms. The molecular weight excluding hydrogens is 272 g/mol. The first kappa shape index (κ1) is 15.3. The van der Waals surface area contributed by atoms with E-state index in [0.29, 0.717) is 25.3 Å². The van der Waals surface area contributed by atoms with E-state index >= 15 is 0 Å². The van der Waals surface area contributed by atoms with Crippen LogP contribution in [0.1, 0.15) is 31.2 Å². The zero-order chi connectivity index (χ0) is 15.2. The quantitative estimate of drug-likeness (QED) is 0.860. The van der Waals surface area contributed by atoms with Crippen molar-refractivity contribution in [2.45, 2.75) is 32.2 Å². The van der Waals surface area contributed by atoms with Crippen molar-refractivity contribution in [3.63, 3.8) is 0 Å². The Labute approximate surface area is 123 Å². The highest BCUT2D eigenvalue weighted by Gasteiger charge is 2.30. The highest BCUT2D eigenvalue weighted by atomic mass is 16.5. The number of hydrogen-bond acceptors (Lipinski definition) is 4. The first-order valence-corrected chi connectivity index (χ1v) is 7.09. The molecule has 1 amide bonds. The van der Waals surface area contributed by atoms with E-state index in [4.69, 9.17) is 9.84 Å². The Morgan fingerprint density at radius 3 is 2.90 bits per heavy atom. The largest absolute Gasteiger partial charge is 0.481 e. The fourth-order valence-electron chi connectivity index (χ4n) is 2.66. The van der Waals surface area contributed by atoms with E-state index in [-0.39, 0.29) is 11.8 Å². The zero-order valence-corrected chi connectivity index (χ0v) is 12.0. The second kappa shape index (κ2) is 7.06. The van der Waals surface area contributed by atoms with Gasteiger partial charge in [-0.25, -0.2) is 4.98 Å². The number of hydrogen-bond donors (Lipinski definition) is 2. The van der Waals surface area contributed by atoms with Crippen LogP contribution in [0.2, 0.25) is 0 Å². The van der Waals surface area contributed by atoms with Gasteiger partial charge < -0.3 is 15.2 Å². The van der Waals surface area contributed by atoms with Gasteiger partial charge >= 0.3 is 5.97 Å². The van der Waals surface area contributed by atoms with Crippen LogP contribution in [0.25, 0.3) is 0 Å². The number of nitrogens with zero attached hydrogens (tertiary/aromatic N) is 1. The Kier molecular flexibility index (Phi) is 5.14. The SMILES string of the molecule is COc1cc(CNC(=O)C2CCCC(C(=O)O)C2)ccn1. The molecule has 1 saturated carbocycles. The van der Waals surface area contributed by atoms with E-state index in [9.17, 15) is 9.59 Å². The van der Waals surface area contributed by atoms with Gasteiger partial charge in [-0.2, -0.15) is 0 Å². The van der Waals surface area contributed by atoms with Gasteiger partial charge in [0, 0.05) is 24.7 Å². The number of nitrogens with one attached hydrogen (secondary N) is 1. The summed E-state index contributed by atoms with van der Waals surface area (Å²) in [5.41, 5.74) is 0.904. The van der Waals surface area contributed by atoms with Crippen LogP contribution < -0.4 is 10.1 Å². The maximum absolute atomic E-state index is 12.1. The maximum Gasteiger partial charge on any atom is 0.306 e. The number of carbonyl (C=O) groups excluding carboxylic acids is 1. The Balaban J connectivity index is 1.87. The monoisotopic (exact) mass is 292 g/mol. The molecule has 0 radical (unpaired) electrons. The smallest absolute Gasteiger partial charge is 0.306 e. The average Bonchev–Trinajstić information content (AvgIpc) is 2.53. The van der Waals surface area contributed by atoms with Crippen LogP contribution >= 0.6 is 0 Å². The molecule has 1 aliphatic rings. The third kappa shape index (κ3) is 4.18. The maximum atomic E-state index is 12.1. The van der Waals surface area contributed by atoms with Gasteiger partial charge in [0.1, 0.15) is 0 Å². The number of carbonyl (C=O) groups is 2. The number of carboxylic acid groups (broad SMARTS) is 1. The summed E-state index contributed by atoms with van der Waals surface area (Å²) in [7, 11) is 1.54. The van der Waals surface area contributed by atoms with Gasteiger partial charge in [-0.15, -0.1) is 0 Å². The summed E-state index contributed by atoms with van der Waals surface area (Å²) in [5, 5.41) is 11.9. The zero-order valence-electron chi connectivity index (χ0n) is 12.0. The minimum atomic E-state index is -0.800. The molecule has 1 fully saturated rings.